The summed E-state index contributed by atoms with van der Waals surface area (Å²) in [5.74, 6) is -4.50. The predicted octanol–water partition coefficient (Wildman–Crippen LogP) is -1.15. The quantitative estimate of drug-likeness (QED) is 0.112. The molecule has 13 heteroatoms. The molecule has 0 radical (unpaired) electrons. The topological polar surface area (TPSA) is 240 Å². The number of nitrogens with two attached hydrogens (primary N) is 3. The van der Waals surface area contributed by atoms with Gasteiger partial charge in [0.15, 0.2) is 0 Å². The number of unbranched alkanes of at least 4 members (excludes halogenated alkanes) is 1. The lowest BCUT2D eigenvalue weighted by molar-refractivity contribution is -0.142. The van der Waals surface area contributed by atoms with Crippen molar-refractivity contribution in [3.63, 3.8) is 0 Å². The van der Waals surface area contributed by atoms with Crippen LogP contribution in [0.1, 0.15) is 51.5 Å². The van der Waals surface area contributed by atoms with Crippen LogP contribution in [0.3, 0.4) is 0 Å². The monoisotopic (exact) mass is 536 g/mol. The summed E-state index contributed by atoms with van der Waals surface area (Å²) in [5.41, 5.74) is 16.9. The Hall–Kier alpha value is -3.71. The third kappa shape index (κ3) is 11.1. The number of carbonyl (C=O) groups is 5. The predicted molar refractivity (Wildman–Crippen MR) is 139 cm³/mol. The number of hydrogen-bond acceptors (Lipinski definition) is 8. The van der Waals surface area contributed by atoms with E-state index in [1.54, 1.807) is 19.1 Å². The summed E-state index contributed by atoms with van der Waals surface area (Å²) in [6.07, 6.45) is 1.32. The molecule has 5 unspecified atom stereocenters. The average molecular weight is 537 g/mol. The smallest absolute Gasteiger partial charge is 0.326 e. The molecule has 4 amide bonds. The second kappa shape index (κ2) is 16.2. The van der Waals surface area contributed by atoms with Crippen LogP contribution in [0.2, 0.25) is 0 Å². The Morgan fingerprint density at radius 1 is 0.921 bits per heavy atom. The van der Waals surface area contributed by atoms with Crippen LogP contribution >= 0.6 is 0 Å². The summed E-state index contributed by atoms with van der Waals surface area (Å²) in [5, 5.41) is 26.7. The molecule has 0 heterocycles. The van der Waals surface area contributed by atoms with E-state index in [0.29, 0.717) is 31.4 Å². The third-order valence-corrected chi connectivity index (χ3v) is 6.12. The molecule has 212 valence electrons. The number of aromatic hydroxyl groups is 1. The Balaban J connectivity index is 3.04. The number of benzene rings is 1. The van der Waals surface area contributed by atoms with Crippen molar-refractivity contribution in [2.75, 3.05) is 6.54 Å². The minimum atomic E-state index is -1.29. The van der Waals surface area contributed by atoms with Gasteiger partial charge in [-0.2, -0.15) is 0 Å². The summed E-state index contributed by atoms with van der Waals surface area (Å²) in [7, 11) is 0. The maximum Gasteiger partial charge on any atom is 0.326 e. The minimum absolute atomic E-state index is 0.0212. The van der Waals surface area contributed by atoms with Crippen molar-refractivity contribution in [1.29, 1.82) is 0 Å². The van der Waals surface area contributed by atoms with Gasteiger partial charge in [0.25, 0.3) is 0 Å². The first-order chi connectivity index (χ1) is 17.9. The largest absolute Gasteiger partial charge is 0.508 e. The summed E-state index contributed by atoms with van der Waals surface area (Å²) in [6, 6.07) is 1.21. The molecule has 5 atom stereocenters. The molecule has 13 nitrogen and oxygen atoms in total. The van der Waals surface area contributed by atoms with Gasteiger partial charge < -0.3 is 43.4 Å². The molecule has 0 saturated carbocycles. The van der Waals surface area contributed by atoms with E-state index >= 15 is 0 Å². The van der Waals surface area contributed by atoms with E-state index in [9.17, 15) is 34.2 Å². The highest BCUT2D eigenvalue weighted by atomic mass is 16.4. The van der Waals surface area contributed by atoms with Crippen molar-refractivity contribution < 1.29 is 34.2 Å². The van der Waals surface area contributed by atoms with E-state index in [0.717, 1.165) is 0 Å². The molecule has 0 aliphatic carbocycles. The van der Waals surface area contributed by atoms with E-state index in [1.165, 1.54) is 12.1 Å². The number of phenols is 1. The van der Waals surface area contributed by atoms with Gasteiger partial charge in [-0.3, -0.25) is 19.2 Å². The third-order valence-electron chi connectivity index (χ3n) is 6.12. The van der Waals surface area contributed by atoms with Crippen molar-refractivity contribution >= 4 is 29.6 Å². The van der Waals surface area contributed by atoms with Gasteiger partial charge >= 0.3 is 5.97 Å². The SMILES string of the molecule is CCC(C)C(NC(=O)C(CCCCN)NC(=O)C(N)CC(N)=O)C(=O)NC(Cc1ccc(O)cc1)C(=O)O. The highest BCUT2D eigenvalue weighted by Gasteiger charge is 2.32. The second-order valence-corrected chi connectivity index (χ2v) is 9.26. The number of hydrogen-bond donors (Lipinski definition) is 8. The Morgan fingerprint density at radius 2 is 1.53 bits per heavy atom. The molecule has 0 spiro atoms. The van der Waals surface area contributed by atoms with Gasteiger partial charge in [-0.25, -0.2) is 4.79 Å². The maximum atomic E-state index is 13.2. The number of amides is 4. The Kier molecular flexibility index (Phi) is 13.8. The zero-order chi connectivity index (χ0) is 28.8. The summed E-state index contributed by atoms with van der Waals surface area (Å²) < 4.78 is 0. The van der Waals surface area contributed by atoms with Gasteiger partial charge in [-0.1, -0.05) is 32.4 Å². The molecule has 1 aromatic rings. The number of carboxylic acid groups (broad SMARTS) is 1. The number of nitrogens with one attached hydrogen (secondary N) is 3. The molecule has 11 N–H and O–H groups in total. The summed E-state index contributed by atoms with van der Waals surface area (Å²) in [6.45, 7) is 3.91. The Morgan fingerprint density at radius 3 is 2.05 bits per heavy atom. The van der Waals surface area contributed by atoms with Gasteiger partial charge in [0.05, 0.1) is 12.5 Å². The van der Waals surface area contributed by atoms with E-state index in [4.69, 9.17) is 17.2 Å². The van der Waals surface area contributed by atoms with Crippen LogP contribution in [-0.4, -0.2) is 70.5 Å². The molecular formula is C25H40N6O7. The number of primary amides is 1. The highest BCUT2D eigenvalue weighted by Crippen LogP contribution is 2.13. The van der Waals surface area contributed by atoms with Crippen molar-refractivity contribution in [2.45, 2.75) is 76.5 Å². The fourth-order valence-electron chi connectivity index (χ4n) is 3.63. The van der Waals surface area contributed by atoms with E-state index < -0.39 is 60.2 Å². The fraction of sp³-hybridized carbons (Fsp3) is 0.560. The number of phenolic OH excluding ortho intramolecular Hbond substituents is 1. The summed E-state index contributed by atoms with van der Waals surface area (Å²) >= 11 is 0. The summed E-state index contributed by atoms with van der Waals surface area (Å²) in [4.78, 5) is 61.8. The van der Waals surface area contributed by atoms with Crippen molar-refractivity contribution in [1.82, 2.24) is 16.0 Å². The number of carbonyl (C=O) groups excluding carboxylic acids is 4. The molecule has 0 fully saturated rings. The van der Waals surface area contributed by atoms with Crippen LogP contribution < -0.4 is 33.2 Å². The van der Waals surface area contributed by atoms with Gasteiger partial charge in [0, 0.05) is 6.42 Å². The Labute approximate surface area is 221 Å². The number of carboxylic acids is 1. The molecule has 0 aromatic heterocycles. The minimum Gasteiger partial charge on any atom is -0.508 e. The van der Waals surface area contributed by atoms with Gasteiger partial charge in [0.1, 0.15) is 23.9 Å². The van der Waals surface area contributed by atoms with Crippen molar-refractivity contribution in [3.8, 4) is 5.75 Å². The van der Waals surface area contributed by atoms with E-state index in [1.807, 2.05) is 6.92 Å². The van der Waals surface area contributed by atoms with Crippen molar-refractivity contribution in [3.05, 3.63) is 29.8 Å². The van der Waals surface area contributed by atoms with Crippen LogP contribution in [-0.2, 0) is 30.4 Å². The lowest BCUT2D eigenvalue weighted by Crippen LogP contribution is -2.59. The van der Waals surface area contributed by atoms with Crippen LogP contribution in [0, 0.1) is 5.92 Å². The normalized spacial score (nSPS) is 14.8. The number of rotatable bonds is 17. The van der Waals surface area contributed by atoms with Gasteiger partial charge in [-0.05, 0) is 49.4 Å². The van der Waals surface area contributed by atoms with Crippen LogP contribution in [0.15, 0.2) is 24.3 Å². The highest BCUT2D eigenvalue weighted by molar-refractivity contribution is 5.95. The van der Waals surface area contributed by atoms with Crippen LogP contribution in [0.5, 0.6) is 5.75 Å². The average Bonchev–Trinajstić information content (AvgIpc) is 2.86. The maximum absolute atomic E-state index is 13.2. The molecule has 1 aromatic carbocycles. The van der Waals surface area contributed by atoms with Gasteiger partial charge in [0.2, 0.25) is 23.6 Å². The van der Waals surface area contributed by atoms with E-state index in [-0.39, 0.29) is 24.5 Å². The lowest BCUT2D eigenvalue weighted by Gasteiger charge is -2.28. The van der Waals surface area contributed by atoms with Crippen LogP contribution in [0.4, 0.5) is 0 Å². The van der Waals surface area contributed by atoms with Gasteiger partial charge in [-0.15, -0.1) is 0 Å². The lowest BCUT2D eigenvalue weighted by atomic mass is 9.96. The van der Waals surface area contributed by atoms with Crippen molar-refractivity contribution in [2.24, 2.45) is 23.1 Å². The molecule has 0 bridgehead atoms. The first-order valence-electron chi connectivity index (χ1n) is 12.5. The molecule has 0 aliphatic rings. The molecule has 0 saturated heterocycles. The van der Waals surface area contributed by atoms with Crippen LogP contribution in [0.25, 0.3) is 0 Å². The Bertz CT molecular complexity index is 956. The number of aliphatic carboxylic acids is 1. The zero-order valence-electron chi connectivity index (χ0n) is 21.8. The molecule has 1 rings (SSSR count). The molecule has 38 heavy (non-hydrogen) atoms. The molecule has 0 aliphatic heterocycles. The fourth-order valence-corrected chi connectivity index (χ4v) is 3.63. The first-order valence-corrected chi connectivity index (χ1v) is 12.5. The zero-order valence-corrected chi connectivity index (χ0v) is 21.8. The molecular weight excluding hydrogens is 496 g/mol. The second-order valence-electron chi connectivity index (χ2n) is 9.26. The van der Waals surface area contributed by atoms with E-state index in [2.05, 4.69) is 16.0 Å². The standard InChI is InChI=1S/C25H40N6O7/c1-3-14(2)21(24(36)30-19(25(37)38)12-15-7-9-16(32)10-8-15)31-23(35)18(6-4-5-11-26)29-22(34)17(27)13-20(28)33/h7-10,14,17-19,21,32H,3-6,11-13,26-27H2,1-2H3,(H2,28,33)(H,29,34)(H,30,36)(H,31,35)(H,37,38). The first kappa shape index (κ1) is 32.3.